The van der Waals surface area contributed by atoms with Gasteiger partial charge in [-0.1, -0.05) is 6.08 Å². The van der Waals surface area contributed by atoms with E-state index >= 15 is 0 Å². The van der Waals surface area contributed by atoms with E-state index in [1.807, 2.05) is 0 Å². The molecular formula is C20H30F3N5O3. The van der Waals surface area contributed by atoms with Crippen molar-refractivity contribution >= 4 is 17.8 Å². The molecule has 4 atom stereocenters. The molecule has 0 aromatic rings. The second kappa shape index (κ2) is 11.5. The zero-order chi connectivity index (χ0) is 23.0. The number of nitrogens with one attached hydrogen (secondary N) is 2. The Morgan fingerprint density at radius 1 is 1.45 bits per heavy atom. The van der Waals surface area contributed by atoms with Gasteiger partial charge in [0.2, 0.25) is 0 Å². The first-order chi connectivity index (χ1) is 14.7. The highest BCUT2D eigenvalue weighted by Crippen LogP contribution is 2.27. The van der Waals surface area contributed by atoms with Crippen LogP contribution in [0.5, 0.6) is 0 Å². The number of aliphatic imine (C=N–C) groups is 1. The fourth-order valence-electron chi connectivity index (χ4n) is 3.48. The van der Waals surface area contributed by atoms with Crippen LogP contribution in [-0.2, 0) is 14.2 Å². The zero-order valence-electron chi connectivity index (χ0n) is 17.7. The Balaban J connectivity index is 2.12. The van der Waals surface area contributed by atoms with E-state index in [4.69, 9.17) is 30.8 Å². The van der Waals surface area contributed by atoms with E-state index in [2.05, 4.69) is 4.99 Å². The number of morpholine rings is 1. The van der Waals surface area contributed by atoms with Crippen LogP contribution in [0.2, 0.25) is 0 Å². The van der Waals surface area contributed by atoms with Gasteiger partial charge >= 0.3 is 6.18 Å². The summed E-state index contributed by atoms with van der Waals surface area (Å²) in [5, 5.41) is 16.8. The summed E-state index contributed by atoms with van der Waals surface area (Å²) in [6, 6.07) is -0.435. The maximum atomic E-state index is 13.0. The molecule has 1 saturated heterocycles. The average molecular weight is 445 g/mol. The van der Waals surface area contributed by atoms with Crippen molar-refractivity contribution in [1.29, 1.82) is 10.8 Å². The summed E-state index contributed by atoms with van der Waals surface area (Å²) < 4.78 is 54.6. The minimum absolute atomic E-state index is 0.0339. The lowest BCUT2D eigenvalue weighted by atomic mass is 9.85. The quantitative estimate of drug-likeness (QED) is 0.286. The topological polar surface area (TPSA) is 117 Å². The molecule has 2 aliphatic rings. The third-order valence-electron chi connectivity index (χ3n) is 5.23. The smallest absolute Gasteiger partial charge is 0.390 e. The Morgan fingerprint density at radius 2 is 2.19 bits per heavy atom. The standard InChI is InChI=1S/C20H30F3N5O3/c1-13(28-5-6-31-18(11-28)20(21,22)23)9-17(27-12-24)19(26)15-10-14(3-4-16(15)25)30-8-7-29-2/h3-4,9,12-15,18,25-26H,5-8,10-11H2,1-2H3,(H2,24,27)/b17-9-,25-16?,26-19?. The minimum Gasteiger partial charge on any atom is -0.390 e. The number of nitrogens with zero attached hydrogens (tertiary/aromatic N) is 2. The molecule has 1 fully saturated rings. The number of allylic oxidation sites excluding steroid dienone is 2. The van der Waals surface area contributed by atoms with Crippen LogP contribution in [0.1, 0.15) is 13.3 Å². The number of hydrogen-bond donors (Lipinski definition) is 3. The Bertz CT molecular complexity index is 723. The van der Waals surface area contributed by atoms with Crippen molar-refractivity contribution < 1.29 is 27.4 Å². The van der Waals surface area contributed by atoms with Gasteiger partial charge in [0.25, 0.3) is 0 Å². The van der Waals surface area contributed by atoms with Crippen molar-refractivity contribution in [2.24, 2.45) is 16.6 Å². The number of ether oxygens (including phenoxy) is 3. The monoisotopic (exact) mass is 445 g/mol. The van der Waals surface area contributed by atoms with Gasteiger partial charge in [-0.25, -0.2) is 4.99 Å². The number of hydrogen-bond acceptors (Lipinski definition) is 7. The largest absolute Gasteiger partial charge is 0.415 e. The Labute approximate surface area is 179 Å². The van der Waals surface area contributed by atoms with Crippen LogP contribution in [-0.4, -0.2) is 87.1 Å². The molecule has 8 nitrogen and oxygen atoms in total. The number of halogens is 3. The molecule has 1 heterocycles. The predicted molar refractivity (Wildman–Crippen MR) is 112 cm³/mol. The molecule has 0 aromatic heterocycles. The molecule has 0 amide bonds. The molecule has 2 rings (SSSR count). The molecular weight excluding hydrogens is 415 g/mol. The lowest BCUT2D eigenvalue weighted by Gasteiger charge is -2.36. The Hall–Kier alpha value is -2.08. The highest BCUT2D eigenvalue weighted by molar-refractivity contribution is 6.16. The predicted octanol–water partition coefficient (Wildman–Crippen LogP) is 2.16. The molecule has 11 heteroatoms. The lowest BCUT2D eigenvalue weighted by Crippen LogP contribution is -2.51. The number of methoxy groups -OCH3 is 1. The molecule has 0 spiro atoms. The van der Waals surface area contributed by atoms with Crippen LogP contribution in [0.25, 0.3) is 0 Å². The van der Waals surface area contributed by atoms with Gasteiger partial charge in [-0.3, -0.25) is 4.90 Å². The van der Waals surface area contributed by atoms with E-state index in [1.54, 1.807) is 37.2 Å². The summed E-state index contributed by atoms with van der Waals surface area (Å²) in [5.41, 5.74) is 6.00. The first kappa shape index (κ1) is 25.2. The number of alkyl halides is 3. The number of rotatable bonds is 9. The molecule has 4 unspecified atom stereocenters. The first-order valence-corrected chi connectivity index (χ1v) is 10.0. The van der Waals surface area contributed by atoms with E-state index in [0.29, 0.717) is 26.2 Å². The highest BCUT2D eigenvalue weighted by Gasteiger charge is 2.44. The highest BCUT2D eigenvalue weighted by atomic mass is 19.4. The summed E-state index contributed by atoms with van der Waals surface area (Å²) in [6.45, 7) is 2.55. The lowest BCUT2D eigenvalue weighted by molar-refractivity contribution is -0.238. The van der Waals surface area contributed by atoms with E-state index in [9.17, 15) is 13.2 Å². The molecule has 0 radical (unpaired) electrons. The van der Waals surface area contributed by atoms with E-state index in [-0.39, 0.29) is 36.4 Å². The van der Waals surface area contributed by atoms with Gasteiger partial charge in [-0.15, -0.1) is 0 Å². The molecule has 0 aromatic carbocycles. The van der Waals surface area contributed by atoms with E-state index in [0.717, 1.165) is 6.34 Å². The second-order valence-corrected chi connectivity index (χ2v) is 7.39. The Morgan fingerprint density at radius 3 is 2.84 bits per heavy atom. The molecule has 31 heavy (non-hydrogen) atoms. The third kappa shape index (κ3) is 7.23. The van der Waals surface area contributed by atoms with Crippen molar-refractivity contribution in [3.63, 3.8) is 0 Å². The van der Waals surface area contributed by atoms with Crippen LogP contribution in [0.4, 0.5) is 13.2 Å². The average Bonchev–Trinajstić information content (AvgIpc) is 2.73. The van der Waals surface area contributed by atoms with Crippen LogP contribution in [0.15, 0.2) is 28.9 Å². The molecule has 1 aliphatic carbocycles. The van der Waals surface area contributed by atoms with Gasteiger partial charge in [0.15, 0.2) is 6.10 Å². The van der Waals surface area contributed by atoms with E-state index in [1.165, 1.54) is 0 Å². The fourth-order valence-corrected chi connectivity index (χ4v) is 3.48. The third-order valence-corrected chi connectivity index (χ3v) is 5.23. The number of nitrogens with two attached hydrogens (primary N) is 1. The minimum atomic E-state index is -4.44. The zero-order valence-corrected chi connectivity index (χ0v) is 17.7. The normalized spacial score (nSPS) is 27.1. The summed E-state index contributed by atoms with van der Waals surface area (Å²) in [5.74, 6) is -0.563. The second-order valence-electron chi connectivity index (χ2n) is 7.39. The van der Waals surface area contributed by atoms with Gasteiger partial charge in [0.1, 0.15) is 0 Å². The SMILES string of the molecule is COCCOC1C=CC(=N)C(C(=N)/C(=C/C(C)N2CCOC(C(F)(F)F)C2)N=CN)C1. The van der Waals surface area contributed by atoms with Crippen molar-refractivity contribution in [2.45, 2.75) is 37.8 Å². The van der Waals surface area contributed by atoms with Gasteiger partial charge in [0, 0.05) is 37.9 Å². The van der Waals surface area contributed by atoms with Gasteiger partial charge in [-0.2, -0.15) is 13.2 Å². The molecule has 0 saturated carbocycles. The summed E-state index contributed by atoms with van der Waals surface area (Å²) in [4.78, 5) is 5.69. The van der Waals surface area contributed by atoms with Crippen LogP contribution in [0, 0.1) is 16.7 Å². The van der Waals surface area contributed by atoms with Crippen molar-refractivity contribution in [2.75, 3.05) is 40.0 Å². The van der Waals surface area contributed by atoms with Crippen molar-refractivity contribution in [1.82, 2.24) is 4.90 Å². The summed E-state index contributed by atoms with van der Waals surface area (Å²) >= 11 is 0. The molecule has 4 N–H and O–H groups in total. The van der Waals surface area contributed by atoms with Gasteiger partial charge < -0.3 is 30.8 Å². The van der Waals surface area contributed by atoms with Gasteiger partial charge in [-0.05, 0) is 25.5 Å². The molecule has 174 valence electrons. The Kier molecular flexibility index (Phi) is 9.35. The molecule has 0 bridgehead atoms. The van der Waals surface area contributed by atoms with Crippen LogP contribution < -0.4 is 5.73 Å². The first-order valence-electron chi connectivity index (χ1n) is 10.0. The maximum absolute atomic E-state index is 13.0. The summed E-state index contributed by atoms with van der Waals surface area (Å²) in [7, 11) is 1.57. The van der Waals surface area contributed by atoms with Crippen molar-refractivity contribution in [3.05, 3.63) is 23.9 Å². The van der Waals surface area contributed by atoms with Crippen LogP contribution >= 0.6 is 0 Å². The summed E-state index contributed by atoms with van der Waals surface area (Å²) in [6.07, 6.45) is -0.155. The van der Waals surface area contributed by atoms with Crippen molar-refractivity contribution in [3.8, 4) is 0 Å². The maximum Gasteiger partial charge on any atom is 0.415 e. The fraction of sp³-hybridized carbons (Fsp3) is 0.650. The van der Waals surface area contributed by atoms with Crippen LogP contribution in [0.3, 0.4) is 0 Å². The molecule has 1 aliphatic heterocycles. The van der Waals surface area contributed by atoms with E-state index < -0.39 is 24.2 Å². The van der Waals surface area contributed by atoms with Gasteiger partial charge in [0.05, 0.1) is 43.7 Å².